The molecule has 0 fully saturated rings. The van der Waals surface area contributed by atoms with Crippen molar-refractivity contribution in [3.05, 3.63) is 64.3 Å². The van der Waals surface area contributed by atoms with Crippen molar-refractivity contribution >= 4 is 46.0 Å². The maximum Gasteiger partial charge on any atom is 0.143 e. The summed E-state index contributed by atoms with van der Waals surface area (Å²) in [6.07, 6.45) is 3.24. The number of hydrogen-bond donors (Lipinski definition) is 1. The molecule has 0 bridgehead atoms. The van der Waals surface area contributed by atoms with E-state index in [1.807, 2.05) is 30.3 Å². The van der Waals surface area contributed by atoms with Gasteiger partial charge in [0, 0.05) is 28.4 Å². The standard InChI is InChI=1S/C16H10Cl2N2O/c17-12-7-11(16(21)13(18)8-12)9-20-14-5-1-3-10-4-2-6-19-15(10)14/h1-9,21H. The molecule has 0 saturated carbocycles. The lowest BCUT2D eigenvalue weighted by Crippen LogP contribution is -1.85. The molecule has 104 valence electrons. The fraction of sp³-hybridized carbons (Fsp3) is 0. The fourth-order valence-electron chi connectivity index (χ4n) is 2.02. The van der Waals surface area contributed by atoms with E-state index in [1.165, 1.54) is 12.3 Å². The number of fused-ring (bicyclic) bond motifs is 1. The first-order chi connectivity index (χ1) is 10.1. The van der Waals surface area contributed by atoms with E-state index >= 15 is 0 Å². The first kappa shape index (κ1) is 13.9. The van der Waals surface area contributed by atoms with Gasteiger partial charge in [-0.15, -0.1) is 0 Å². The molecule has 0 aliphatic rings. The number of nitrogens with zero attached hydrogens (tertiary/aromatic N) is 2. The lowest BCUT2D eigenvalue weighted by atomic mass is 10.2. The van der Waals surface area contributed by atoms with Crippen LogP contribution < -0.4 is 0 Å². The third kappa shape index (κ3) is 2.84. The monoisotopic (exact) mass is 316 g/mol. The first-order valence-electron chi connectivity index (χ1n) is 6.21. The van der Waals surface area contributed by atoms with Gasteiger partial charge in [-0.1, -0.05) is 41.4 Å². The summed E-state index contributed by atoms with van der Waals surface area (Å²) >= 11 is 11.8. The van der Waals surface area contributed by atoms with Gasteiger partial charge >= 0.3 is 0 Å². The van der Waals surface area contributed by atoms with Crippen molar-refractivity contribution in [2.45, 2.75) is 0 Å². The smallest absolute Gasteiger partial charge is 0.143 e. The van der Waals surface area contributed by atoms with Crippen molar-refractivity contribution in [3.63, 3.8) is 0 Å². The second-order valence-corrected chi connectivity index (χ2v) is 5.28. The Bertz CT molecular complexity index is 842. The predicted molar refractivity (Wildman–Crippen MR) is 87.1 cm³/mol. The Balaban J connectivity index is 2.06. The number of benzene rings is 2. The van der Waals surface area contributed by atoms with Gasteiger partial charge in [0.2, 0.25) is 0 Å². The molecule has 1 N–H and O–H groups in total. The van der Waals surface area contributed by atoms with Crippen molar-refractivity contribution < 1.29 is 5.11 Å². The van der Waals surface area contributed by atoms with Gasteiger partial charge in [0.25, 0.3) is 0 Å². The molecule has 0 aliphatic heterocycles. The highest BCUT2D eigenvalue weighted by Crippen LogP contribution is 2.31. The largest absolute Gasteiger partial charge is 0.506 e. The van der Waals surface area contributed by atoms with Gasteiger partial charge in [-0.25, -0.2) is 0 Å². The lowest BCUT2D eigenvalue weighted by molar-refractivity contribution is 0.475. The van der Waals surface area contributed by atoms with Gasteiger partial charge in [0.15, 0.2) is 0 Å². The Morgan fingerprint density at radius 2 is 1.90 bits per heavy atom. The van der Waals surface area contributed by atoms with Gasteiger partial charge < -0.3 is 5.11 Å². The van der Waals surface area contributed by atoms with Crippen LogP contribution in [0.25, 0.3) is 10.9 Å². The van der Waals surface area contributed by atoms with Crippen LogP contribution in [0, 0.1) is 0 Å². The van der Waals surface area contributed by atoms with E-state index in [-0.39, 0.29) is 10.8 Å². The number of rotatable bonds is 2. The van der Waals surface area contributed by atoms with Gasteiger partial charge in [-0.2, -0.15) is 0 Å². The summed E-state index contributed by atoms with van der Waals surface area (Å²) < 4.78 is 0. The Hall–Kier alpha value is -2.10. The Morgan fingerprint density at radius 1 is 1.10 bits per heavy atom. The van der Waals surface area contributed by atoms with Gasteiger partial charge in [0.1, 0.15) is 5.75 Å². The van der Waals surface area contributed by atoms with Crippen molar-refractivity contribution in [2.24, 2.45) is 4.99 Å². The Labute approximate surface area is 131 Å². The van der Waals surface area contributed by atoms with E-state index in [0.29, 0.717) is 16.3 Å². The molecule has 0 atom stereocenters. The van der Waals surface area contributed by atoms with Gasteiger partial charge in [-0.05, 0) is 24.3 Å². The highest BCUT2D eigenvalue weighted by molar-refractivity contribution is 6.36. The zero-order chi connectivity index (χ0) is 14.8. The van der Waals surface area contributed by atoms with E-state index in [4.69, 9.17) is 23.2 Å². The first-order valence-corrected chi connectivity index (χ1v) is 6.96. The summed E-state index contributed by atoms with van der Waals surface area (Å²) in [5, 5.41) is 11.6. The fourth-order valence-corrected chi connectivity index (χ4v) is 2.52. The number of phenols is 1. The molecular weight excluding hydrogens is 307 g/mol. The number of aromatic hydroxyl groups is 1. The molecule has 0 unspecified atom stereocenters. The highest BCUT2D eigenvalue weighted by atomic mass is 35.5. The average Bonchev–Trinajstić information content (AvgIpc) is 2.49. The second-order valence-electron chi connectivity index (χ2n) is 4.44. The number of para-hydroxylation sites is 1. The molecule has 21 heavy (non-hydrogen) atoms. The molecule has 0 aliphatic carbocycles. The summed E-state index contributed by atoms with van der Waals surface area (Å²) in [5.41, 5.74) is 1.97. The molecule has 1 heterocycles. The minimum atomic E-state index is -0.0435. The highest BCUT2D eigenvalue weighted by Gasteiger charge is 2.06. The molecule has 0 spiro atoms. The third-order valence-electron chi connectivity index (χ3n) is 3.01. The van der Waals surface area contributed by atoms with Gasteiger partial charge in [0.05, 0.1) is 16.2 Å². The molecule has 1 aromatic heterocycles. The summed E-state index contributed by atoms with van der Waals surface area (Å²) in [5.74, 6) is -0.0435. The normalized spacial score (nSPS) is 11.3. The van der Waals surface area contributed by atoms with Crippen molar-refractivity contribution in [1.82, 2.24) is 4.98 Å². The van der Waals surface area contributed by atoms with Gasteiger partial charge in [-0.3, -0.25) is 9.98 Å². The Morgan fingerprint density at radius 3 is 2.76 bits per heavy atom. The van der Waals surface area contributed by atoms with Crippen LogP contribution in [0.3, 0.4) is 0 Å². The molecule has 3 aromatic rings. The number of aromatic nitrogens is 1. The topological polar surface area (TPSA) is 45.5 Å². The SMILES string of the molecule is Oc1c(Cl)cc(Cl)cc1C=Nc1cccc2cccnc12. The minimum Gasteiger partial charge on any atom is -0.506 e. The quantitative estimate of drug-likeness (QED) is 0.676. The number of hydrogen-bond acceptors (Lipinski definition) is 3. The van der Waals surface area contributed by atoms with E-state index in [2.05, 4.69) is 9.98 Å². The van der Waals surface area contributed by atoms with Crippen molar-refractivity contribution in [3.8, 4) is 5.75 Å². The maximum atomic E-state index is 9.92. The van der Waals surface area contributed by atoms with E-state index in [9.17, 15) is 5.11 Å². The van der Waals surface area contributed by atoms with Crippen LogP contribution in [0.4, 0.5) is 5.69 Å². The number of phenolic OH excluding ortho intramolecular Hbond substituents is 1. The van der Waals surface area contributed by atoms with Crippen LogP contribution in [0.15, 0.2) is 53.7 Å². The zero-order valence-electron chi connectivity index (χ0n) is 10.8. The zero-order valence-corrected chi connectivity index (χ0v) is 12.3. The molecule has 2 aromatic carbocycles. The van der Waals surface area contributed by atoms with Crippen molar-refractivity contribution in [1.29, 1.82) is 0 Å². The molecule has 3 rings (SSSR count). The van der Waals surface area contributed by atoms with Crippen LogP contribution in [-0.2, 0) is 0 Å². The molecule has 5 heteroatoms. The maximum absolute atomic E-state index is 9.92. The average molecular weight is 317 g/mol. The summed E-state index contributed by atoms with van der Waals surface area (Å²) in [4.78, 5) is 8.71. The molecule has 0 amide bonds. The Kier molecular flexibility index (Phi) is 3.78. The van der Waals surface area contributed by atoms with Crippen molar-refractivity contribution in [2.75, 3.05) is 0 Å². The van der Waals surface area contributed by atoms with Crippen LogP contribution in [0.5, 0.6) is 5.75 Å². The lowest BCUT2D eigenvalue weighted by Gasteiger charge is -2.03. The van der Waals surface area contributed by atoms with Crippen LogP contribution >= 0.6 is 23.2 Å². The number of halogens is 2. The summed E-state index contributed by atoms with van der Waals surface area (Å²) in [6.45, 7) is 0. The van der Waals surface area contributed by atoms with E-state index in [0.717, 1.165) is 10.9 Å². The summed E-state index contributed by atoms with van der Waals surface area (Å²) in [7, 11) is 0. The molecule has 0 radical (unpaired) electrons. The van der Waals surface area contributed by atoms with E-state index in [1.54, 1.807) is 12.3 Å². The van der Waals surface area contributed by atoms with Crippen LogP contribution in [-0.4, -0.2) is 16.3 Å². The minimum absolute atomic E-state index is 0.0435. The van der Waals surface area contributed by atoms with Crippen LogP contribution in [0.1, 0.15) is 5.56 Å². The molecule has 0 saturated heterocycles. The predicted octanol–water partition coefficient (Wildman–Crippen LogP) is 5.00. The molecular formula is C16H10Cl2N2O. The second kappa shape index (κ2) is 5.72. The summed E-state index contributed by atoms with van der Waals surface area (Å²) in [6, 6.07) is 12.7. The number of pyridine rings is 1. The van der Waals surface area contributed by atoms with E-state index < -0.39 is 0 Å². The number of aliphatic imine (C=N–C) groups is 1. The van der Waals surface area contributed by atoms with Crippen LogP contribution in [0.2, 0.25) is 10.0 Å². The third-order valence-corrected chi connectivity index (χ3v) is 3.52. The molecule has 3 nitrogen and oxygen atoms in total.